The van der Waals surface area contributed by atoms with Gasteiger partial charge < -0.3 is 9.47 Å². The molecular formula is C28H26FN3O. The Labute approximate surface area is 193 Å². The van der Waals surface area contributed by atoms with Gasteiger partial charge in [0.2, 0.25) is 0 Å². The monoisotopic (exact) mass is 439 g/mol. The Kier molecular flexibility index (Phi) is 6.05. The van der Waals surface area contributed by atoms with Gasteiger partial charge in [-0.05, 0) is 71.3 Å². The Hall–Kier alpha value is -3.70. The zero-order chi connectivity index (χ0) is 22.6. The average molecular weight is 440 g/mol. The normalized spacial score (nSPS) is 14.4. The molecule has 5 heteroatoms. The number of amides is 1. The number of aromatic nitrogens is 1. The molecule has 1 aromatic heterocycles. The third-order valence-corrected chi connectivity index (χ3v) is 6.17. The molecule has 0 unspecified atom stereocenters. The molecule has 166 valence electrons. The lowest BCUT2D eigenvalue weighted by Gasteiger charge is -2.34. The third kappa shape index (κ3) is 4.89. The number of piperazine rings is 1. The van der Waals surface area contributed by atoms with Crippen LogP contribution in [0.3, 0.4) is 0 Å². The summed E-state index contributed by atoms with van der Waals surface area (Å²) in [6, 6.07) is 27.1. The Balaban J connectivity index is 1.23. The summed E-state index contributed by atoms with van der Waals surface area (Å²) >= 11 is 0. The van der Waals surface area contributed by atoms with Crippen LogP contribution < -0.4 is 0 Å². The molecule has 4 aromatic rings. The topological polar surface area (TPSA) is 28.5 Å². The highest BCUT2D eigenvalue weighted by Crippen LogP contribution is 2.24. The number of hydrogen-bond donors (Lipinski definition) is 0. The number of nitrogens with zero attached hydrogens (tertiary/aromatic N) is 3. The van der Waals surface area contributed by atoms with Gasteiger partial charge in [-0.1, -0.05) is 30.3 Å². The number of rotatable bonds is 5. The predicted octanol–water partition coefficient (Wildman–Crippen LogP) is 5.24. The first kappa shape index (κ1) is 21.2. The average Bonchev–Trinajstić information content (AvgIpc) is 3.40. The Bertz CT molecular complexity index is 1230. The molecule has 1 aliphatic rings. The van der Waals surface area contributed by atoms with Gasteiger partial charge in [0, 0.05) is 56.4 Å². The molecule has 33 heavy (non-hydrogen) atoms. The molecule has 0 aliphatic carbocycles. The van der Waals surface area contributed by atoms with Crippen LogP contribution in [-0.2, 0) is 6.54 Å². The summed E-state index contributed by atoms with van der Waals surface area (Å²) < 4.78 is 15.2. The van der Waals surface area contributed by atoms with E-state index in [1.165, 1.54) is 28.8 Å². The first-order valence-electron chi connectivity index (χ1n) is 11.3. The predicted molar refractivity (Wildman–Crippen MR) is 129 cm³/mol. The summed E-state index contributed by atoms with van der Waals surface area (Å²) in [6.45, 7) is 3.84. The van der Waals surface area contributed by atoms with Crippen molar-refractivity contribution in [1.82, 2.24) is 14.4 Å². The maximum absolute atomic E-state index is 13.1. The summed E-state index contributed by atoms with van der Waals surface area (Å²) in [6.07, 6.45) is 4.10. The minimum absolute atomic E-state index is 0.0285. The van der Waals surface area contributed by atoms with Crippen molar-refractivity contribution in [2.45, 2.75) is 6.54 Å². The van der Waals surface area contributed by atoms with Gasteiger partial charge in [-0.3, -0.25) is 9.69 Å². The van der Waals surface area contributed by atoms with Crippen LogP contribution in [0.5, 0.6) is 0 Å². The van der Waals surface area contributed by atoms with Gasteiger partial charge in [-0.2, -0.15) is 0 Å². The maximum Gasteiger partial charge on any atom is 0.253 e. The summed E-state index contributed by atoms with van der Waals surface area (Å²) in [7, 11) is 0. The van der Waals surface area contributed by atoms with Crippen molar-refractivity contribution in [1.29, 1.82) is 0 Å². The molecule has 0 spiro atoms. The second-order valence-electron chi connectivity index (χ2n) is 8.42. The zero-order valence-electron chi connectivity index (χ0n) is 18.4. The largest absolute Gasteiger partial charge is 0.336 e. The van der Waals surface area contributed by atoms with E-state index in [0.29, 0.717) is 18.7 Å². The molecule has 0 saturated carbocycles. The second-order valence-corrected chi connectivity index (χ2v) is 8.42. The van der Waals surface area contributed by atoms with Crippen molar-refractivity contribution < 1.29 is 9.18 Å². The fraction of sp³-hybridized carbons (Fsp3) is 0.179. The number of carbonyl (C=O) groups excluding carboxylic acids is 1. The molecule has 1 aliphatic heterocycles. The van der Waals surface area contributed by atoms with Gasteiger partial charge in [0.25, 0.3) is 5.91 Å². The van der Waals surface area contributed by atoms with Crippen LogP contribution in [0.25, 0.3) is 16.8 Å². The van der Waals surface area contributed by atoms with Crippen LogP contribution in [-0.4, -0.2) is 46.5 Å². The van der Waals surface area contributed by atoms with Gasteiger partial charge >= 0.3 is 0 Å². The minimum atomic E-state index is -0.324. The van der Waals surface area contributed by atoms with Crippen molar-refractivity contribution in [2.24, 2.45) is 0 Å². The standard InChI is InChI=1S/C28H26FN3O/c29-26-11-9-23(10-12-26)28(33)32-17-15-30(16-18-32)21-22-5-3-6-24(19-22)25-7-4-8-27(20-25)31-13-1-2-14-31/h1-14,19-20H,15-18,21H2. The number of halogens is 1. The number of carbonyl (C=O) groups is 1. The van der Waals surface area contributed by atoms with Crippen LogP contribution in [0, 0.1) is 5.82 Å². The fourth-order valence-electron chi connectivity index (χ4n) is 4.34. The van der Waals surface area contributed by atoms with Crippen LogP contribution in [0.2, 0.25) is 0 Å². The lowest BCUT2D eigenvalue weighted by atomic mass is 10.0. The molecule has 0 atom stereocenters. The Morgan fingerprint density at radius 3 is 2.15 bits per heavy atom. The molecule has 1 amide bonds. The van der Waals surface area contributed by atoms with Gasteiger partial charge in [0.05, 0.1) is 0 Å². The lowest BCUT2D eigenvalue weighted by Crippen LogP contribution is -2.48. The Morgan fingerprint density at radius 2 is 1.42 bits per heavy atom. The highest BCUT2D eigenvalue weighted by atomic mass is 19.1. The van der Waals surface area contributed by atoms with Crippen molar-refractivity contribution in [3.8, 4) is 16.8 Å². The third-order valence-electron chi connectivity index (χ3n) is 6.17. The number of hydrogen-bond acceptors (Lipinski definition) is 2. The summed E-state index contributed by atoms with van der Waals surface area (Å²) in [5, 5.41) is 0. The molecule has 0 bridgehead atoms. The fourth-order valence-corrected chi connectivity index (χ4v) is 4.34. The first-order valence-corrected chi connectivity index (χ1v) is 11.3. The SMILES string of the molecule is O=C(c1ccc(F)cc1)N1CCN(Cc2cccc(-c3cccc(-n4cccc4)c3)c2)CC1. The molecule has 0 radical (unpaired) electrons. The first-order chi connectivity index (χ1) is 16.2. The molecule has 2 heterocycles. The van der Waals surface area contributed by atoms with Gasteiger partial charge in [0.15, 0.2) is 0 Å². The van der Waals surface area contributed by atoms with E-state index in [-0.39, 0.29) is 11.7 Å². The summed E-state index contributed by atoms with van der Waals surface area (Å²) in [5.41, 5.74) is 5.34. The van der Waals surface area contributed by atoms with E-state index in [1.807, 2.05) is 17.0 Å². The highest BCUT2D eigenvalue weighted by molar-refractivity contribution is 5.94. The maximum atomic E-state index is 13.1. The molecule has 4 nitrogen and oxygen atoms in total. The molecule has 3 aromatic carbocycles. The van der Waals surface area contributed by atoms with Crippen LogP contribution >= 0.6 is 0 Å². The van der Waals surface area contributed by atoms with E-state index in [1.54, 1.807) is 12.1 Å². The van der Waals surface area contributed by atoms with Crippen molar-refractivity contribution in [3.05, 3.63) is 114 Å². The van der Waals surface area contributed by atoms with Crippen molar-refractivity contribution in [3.63, 3.8) is 0 Å². The molecule has 5 rings (SSSR count). The van der Waals surface area contributed by atoms with Crippen LogP contribution in [0.15, 0.2) is 97.3 Å². The van der Waals surface area contributed by atoms with E-state index >= 15 is 0 Å². The van der Waals surface area contributed by atoms with E-state index in [2.05, 4.69) is 70.4 Å². The second kappa shape index (κ2) is 9.43. The minimum Gasteiger partial charge on any atom is -0.336 e. The van der Waals surface area contributed by atoms with E-state index < -0.39 is 0 Å². The highest BCUT2D eigenvalue weighted by Gasteiger charge is 2.22. The van der Waals surface area contributed by atoms with E-state index in [9.17, 15) is 9.18 Å². The molecular weight excluding hydrogens is 413 g/mol. The Morgan fingerprint density at radius 1 is 0.758 bits per heavy atom. The van der Waals surface area contributed by atoms with E-state index in [0.717, 1.165) is 25.3 Å². The molecule has 1 saturated heterocycles. The van der Waals surface area contributed by atoms with Crippen LogP contribution in [0.1, 0.15) is 15.9 Å². The number of benzene rings is 3. The van der Waals surface area contributed by atoms with Gasteiger partial charge in [-0.15, -0.1) is 0 Å². The van der Waals surface area contributed by atoms with Crippen molar-refractivity contribution >= 4 is 5.91 Å². The quantitative estimate of drug-likeness (QED) is 0.425. The smallest absolute Gasteiger partial charge is 0.253 e. The lowest BCUT2D eigenvalue weighted by molar-refractivity contribution is 0.0628. The van der Waals surface area contributed by atoms with E-state index in [4.69, 9.17) is 0 Å². The zero-order valence-corrected chi connectivity index (χ0v) is 18.4. The van der Waals surface area contributed by atoms with Gasteiger partial charge in [-0.25, -0.2) is 4.39 Å². The summed E-state index contributed by atoms with van der Waals surface area (Å²) in [4.78, 5) is 16.9. The summed E-state index contributed by atoms with van der Waals surface area (Å²) in [5.74, 6) is -0.353. The molecule has 1 fully saturated rings. The van der Waals surface area contributed by atoms with Crippen molar-refractivity contribution in [2.75, 3.05) is 26.2 Å². The van der Waals surface area contributed by atoms with Gasteiger partial charge in [0.1, 0.15) is 5.82 Å². The van der Waals surface area contributed by atoms with Crippen LogP contribution in [0.4, 0.5) is 4.39 Å². The molecule has 0 N–H and O–H groups in total.